The molecule has 0 radical (unpaired) electrons. The lowest BCUT2D eigenvalue weighted by Gasteiger charge is -2.37. The van der Waals surface area contributed by atoms with Gasteiger partial charge in [-0.3, -0.25) is 4.90 Å². The van der Waals surface area contributed by atoms with Gasteiger partial charge in [-0.25, -0.2) is 0 Å². The van der Waals surface area contributed by atoms with Crippen molar-refractivity contribution >= 4 is 12.4 Å². The van der Waals surface area contributed by atoms with Crippen LogP contribution in [0.15, 0.2) is 4.52 Å². The predicted molar refractivity (Wildman–Crippen MR) is 78.8 cm³/mol. The van der Waals surface area contributed by atoms with E-state index in [1.54, 1.807) is 7.11 Å². The van der Waals surface area contributed by atoms with Crippen LogP contribution < -0.4 is 5.73 Å². The molecule has 20 heavy (non-hydrogen) atoms. The first kappa shape index (κ1) is 17.4. The summed E-state index contributed by atoms with van der Waals surface area (Å²) in [4.78, 5) is 6.73. The highest BCUT2D eigenvalue weighted by atomic mass is 35.5. The van der Waals surface area contributed by atoms with Gasteiger partial charge in [0.05, 0.1) is 12.6 Å². The van der Waals surface area contributed by atoms with Crippen LogP contribution in [0.3, 0.4) is 0 Å². The van der Waals surface area contributed by atoms with Crippen LogP contribution >= 0.6 is 12.4 Å². The number of nitrogens with two attached hydrogens (primary N) is 1. The first-order valence-electron chi connectivity index (χ1n) is 7.05. The molecular formula is C13H25ClN4O2. The van der Waals surface area contributed by atoms with Gasteiger partial charge in [0.2, 0.25) is 5.89 Å². The highest BCUT2D eigenvalue weighted by Gasteiger charge is 2.28. The summed E-state index contributed by atoms with van der Waals surface area (Å²) in [7, 11) is 1.77. The normalized spacial score (nSPS) is 23.6. The van der Waals surface area contributed by atoms with Gasteiger partial charge >= 0.3 is 0 Å². The van der Waals surface area contributed by atoms with E-state index in [-0.39, 0.29) is 12.4 Å². The average Bonchev–Trinajstić information content (AvgIpc) is 2.87. The van der Waals surface area contributed by atoms with E-state index in [4.69, 9.17) is 15.0 Å². The molecule has 1 aliphatic rings. The second kappa shape index (κ2) is 8.56. The molecule has 1 aromatic rings. The fourth-order valence-corrected chi connectivity index (χ4v) is 2.58. The number of ether oxygens (including phenoxy) is 1. The number of aromatic nitrogens is 2. The highest BCUT2D eigenvalue weighted by molar-refractivity contribution is 5.85. The van der Waals surface area contributed by atoms with E-state index in [0.717, 1.165) is 38.1 Å². The molecule has 2 unspecified atom stereocenters. The lowest BCUT2D eigenvalue weighted by atomic mass is 9.99. The molecule has 0 amide bonds. The van der Waals surface area contributed by atoms with Crippen LogP contribution in [0, 0.1) is 0 Å². The molecule has 2 heterocycles. The summed E-state index contributed by atoms with van der Waals surface area (Å²) in [6, 6.07) is 0.334. The molecular weight excluding hydrogens is 280 g/mol. The minimum atomic E-state index is 0. The summed E-state index contributed by atoms with van der Waals surface area (Å²) in [6.07, 6.45) is 4.23. The first-order valence-corrected chi connectivity index (χ1v) is 7.05. The zero-order valence-electron chi connectivity index (χ0n) is 12.2. The highest BCUT2D eigenvalue weighted by Crippen LogP contribution is 2.20. The lowest BCUT2D eigenvalue weighted by Crippen LogP contribution is -2.48. The maximum atomic E-state index is 5.85. The van der Waals surface area contributed by atoms with Crippen LogP contribution in [0.1, 0.15) is 37.9 Å². The summed E-state index contributed by atoms with van der Waals surface area (Å²) in [5, 5.41) is 3.98. The Morgan fingerprint density at radius 3 is 2.95 bits per heavy atom. The molecule has 0 aromatic carbocycles. The van der Waals surface area contributed by atoms with E-state index in [1.807, 2.05) is 0 Å². The van der Waals surface area contributed by atoms with Gasteiger partial charge in [-0.1, -0.05) is 12.1 Å². The minimum absolute atomic E-state index is 0. The van der Waals surface area contributed by atoms with Crippen LogP contribution in [0.2, 0.25) is 0 Å². The number of piperidine rings is 1. The van der Waals surface area contributed by atoms with Crippen molar-refractivity contribution < 1.29 is 9.26 Å². The Labute approximate surface area is 126 Å². The molecule has 6 nitrogen and oxygen atoms in total. The Morgan fingerprint density at radius 1 is 1.50 bits per heavy atom. The van der Waals surface area contributed by atoms with Crippen LogP contribution in [0.4, 0.5) is 0 Å². The van der Waals surface area contributed by atoms with E-state index in [0.29, 0.717) is 31.1 Å². The van der Waals surface area contributed by atoms with Crippen molar-refractivity contribution in [3.8, 4) is 0 Å². The standard InChI is InChI=1S/C13H24N4O2.ClH/c1-3-4-12-15-13(19-16-12)9-17-6-5-11(18-2)7-10(17)8-14;/h10-11H,3-9,14H2,1-2H3;1H. The number of aryl methyl sites for hydroxylation is 1. The van der Waals surface area contributed by atoms with Gasteiger partial charge in [-0.15, -0.1) is 12.4 Å². The summed E-state index contributed by atoms with van der Waals surface area (Å²) < 4.78 is 10.7. The van der Waals surface area contributed by atoms with E-state index >= 15 is 0 Å². The van der Waals surface area contributed by atoms with Crippen molar-refractivity contribution in [2.24, 2.45) is 5.73 Å². The molecule has 2 atom stereocenters. The fraction of sp³-hybridized carbons (Fsp3) is 0.846. The number of likely N-dealkylation sites (tertiary alicyclic amines) is 1. The molecule has 1 aliphatic heterocycles. The third-order valence-electron chi connectivity index (χ3n) is 3.72. The Balaban J connectivity index is 0.00000200. The topological polar surface area (TPSA) is 77.4 Å². The van der Waals surface area contributed by atoms with Crippen LogP contribution in [-0.4, -0.2) is 47.4 Å². The number of nitrogens with zero attached hydrogens (tertiary/aromatic N) is 3. The predicted octanol–water partition coefficient (Wildman–Crippen LogP) is 1.38. The van der Waals surface area contributed by atoms with Crippen LogP contribution in [0.5, 0.6) is 0 Å². The Hall–Kier alpha value is -0.690. The zero-order chi connectivity index (χ0) is 13.7. The fourth-order valence-electron chi connectivity index (χ4n) is 2.58. The second-order valence-corrected chi connectivity index (χ2v) is 5.10. The maximum absolute atomic E-state index is 5.85. The van der Waals surface area contributed by atoms with Gasteiger partial charge in [-0.2, -0.15) is 4.98 Å². The van der Waals surface area contributed by atoms with Crippen molar-refractivity contribution in [3.05, 3.63) is 11.7 Å². The third kappa shape index (κ3) is 4.41. The van der Waals surface area contributed by atoms with E-state index in [1.165, 1.54) is 0 Å². The average molecular weight is 305 g/mol. The molecule has 1 aromatic heterocycles. The van der Waals surface area contributed by atoms with Crippen molar-refractivity contribution in [2.75, 3.05) is 20.2 Å². The summed E-state index contributed by atoms with van der Waals surface area (Å²) >= 11 is 0. The van der Waals surface area contributed by atoms with Gasteiger partial charge in [0.1, 0.15) is 0 Å². The number of halogens is 1. The second-order valence-electron chi connectivity index (χ2n) is 5.10. The summed E-state index contributed by atoms with van der Waals surface area (Å²) in [5.74, 6) is 1.49. The summed E-state index contributed by atoms with van der Waals surface area (Å²) in [5.41, 5.74) is 5.85. The molecule has 2 N–H and O–H groups in total. The number of hydrogen-bond donors (Lipinski definition) is 1. The quantitative estimate of drug-likeness (QED) is 0.855. The molecule has 116 valence electrons. The van der Waals surface area contributed by atoms with Crippen molar-refractivity contribution in [2.45, 2.75) is 51.3 Å². The Kier molecular flexibility index (Phi) is 7.43. The van der Waals surface area contributed by atoms with E-state index in [2.05, 4.69) is 22.0 Å². The van der Waals surface area contributed by atoms with Gasteiger partial charge in [0, 0.05) is 32.7 Å². The lowest BCUT2D eigenvalue weighted by molar-refractivity contribution is 0.00676. The molecule has 0 aliphatic carbocycles. The number of rotatable bonds is 6. The minimum Gasteiger partial charge on any atom is -0.381 e. The Morgan fingerprint density at radius 2 is 2.30 bits per heavy atom. The first-order chi connectivity index (χ1) is 9.26. The van der Waals surface area contributed by atoms with Crippen LogP contribution in [-0.2, 0) is 17.7 Å². The smallest absolute Gasteiger partial charge is 0.240 e. The van der Waals surface area contributed by atoms with Crippen LogP contribution in [0.25, 0.3) is 0 Å². The van der Waals surface area contributed by atoms with Crippen molar-refractivity contribution in [1.29, 1.82) is 0 Å². The van der Waals surface area contributed by atoms with Crippen molar-refractivity contribution in [3.63, 3.8) is 0 Å². The van der Waals surface area contributed by atoms with Gasteiger partial charge < -0.3 is 15.0 Å². The van der Waals surface area contributed by atoms with Gasteiger partial charge in [0.15, 0.2) is 5.82 Å². The Bertz CT molecular complexity index is 388. The monoisotopic (exact) mass is 304 g/mol. The number of hydrogen-bond acceptors (Lipinski definition) is 6. The molecule has 0 saturated carbocycles. The van der Waals surface area contributed by atoms with Gasteiger partial charge in [0.25, 0.3) is 0 Å². The molecule has 1 saturated heterocycles. The zero-order valence-corrected chi connectivity index (χ0v) is 13.1. The maximum Gasteiger partial charge on any atom is 0.240 e. The number of methoxy groups -OCH3 is 1. The molecule has 1 fully saturated rings. The van der Waals surface area contributed by atoms with Gasteiger partial charge in [-0.05, 0) is 19.3 Å². The molecule has 7 heteroatoms. The SMILES string of the molecule is CCCc1noc(CN2CCC(OC)CC2CN)n1.Cl. The largest absolute Gasteiger partial charge is 0.381 e. The summed E-state index contributed by atoms with van der Waals surface area (Å²) in [6.45, 7) is 4.40. The molecule has 2 rings (SSSR count). The van der Waals surface area contributed by atoms with E-state index < -0.39 is 0 Å². The van der Waals surface area contributed by atoms with E-state index in [9.17, 15) is 0 Å². The third-order valence-corrected chi connectivity index (χ3v) is 3.72. The van der Waals surface area contributed by atoms with Crippen molar-refractivity contribution in [1.82, 2.24) is 15.0 Å². The molecule has 0 spiro atoms. The molecule has 0 bridgehead atoms.